The van der Waals surface area contributed by atoms with Crippen LogP contribution in [-0.2, 0) is 6.54 Å². The van der Waals surface area contributed by atoms with Crippen molar-refractivity contribution in [2.45, 2.75) is 27.3 Å². The summed E-state index contributed by atoms with van der Waals surface area (Å²) in [5.74, 6) is 0.932. The lowest BCUT2D eigenvalue weighted by atomic mass is 10.0. The fourth-order valence-corrected chi connectivity index (χ4v) is 3.22. The maximum absolute atomic E-state index is 12.1. The minimum atomic E-state index is -0.312. The Morgan fingerprint density at radius 3 is 2.71 bits per heavy atom. The van der Waals surface area contributed by atoms with Crippen LogP contribution in [0.5, 0.6) is 0 Å². The van der Waals surface area contributed by atoms with E-state index < -0.39 is 0 Å². The summed E-state index contributed by atoms with van der Waals surface area (Å²) in [7, 11) is 0. The summed E-state index contributed by atoms with van der Waals surface area (Å²) in [5, 5.41) is 0.981. The van der Waals surface area contributed by atoms with E-state index in [1.54, 1.807) is 6.07 Å². The minimum Gasteiger partial charge on any atom is -0.422 e. The number of hydrogen-bond acceptors (Lipinski definition) is 3. The van der Waals surface area contributed by atoms with Gasteiger partial charge in [0, 0.05) is 11.5 Å². The van der Waals surface area contributed by atoms with Gasteiger partial charge >= 0.3 is 5.63 Å². The molecule has 0 bridgehead atoms. The van der Waals surface area contributed by atoms with Crippen molar-refractivity contribution < 1.29 is 4.42 Å². The van der Waals surface area contributed by atoms with Gasteiger partial charge in [0.15, 0.2) is 0 Å². The van der Waals surface area contributed by atoms with Crippen LogP contribution in [-0.4, -0.2) is 9.55 Å². The zero-order valence-corrected chi connectivity index (χ0v) is 14.0. The van der Waals surface area contributed by atoms with E-state index in [1.165, 1.54) is 0 Å². The third-order valence-electron chi connectivity index (χ3n) is 4.69. The lowest BCUT2D eigenvalue weighted by molar-refractivity contribution is 0.555. The van der Waals surface area contributed by atoms with Gasteiger partial charge < -0.3 is 8.98 Å². The molecular weight excluding hydrogens is 300 g/mol. The second-order valence-electron chi connectivity index (χ2n) is 6.21. The number of fused-ring (bicyclic) bond motifs is 2. The summed E-state index contributed by atoms with van der Waals surface area (Å²) in [6.45, 7) is 6.59. The fourth-order valence-electron chi connectivity index (χ4n) is 3.22. The molecule has 0 radical (unpaired) electrons. The molecule has 4 rings (SSSR count). The zero-order chi connectivity index (χ0) is 16.8. The molecule has 2 heterocycles. The van der Waals surface area contributed by atoms with Gasteiger partial charge in [0.25, 0.3) is 0 Å². The summed E-state index contributed by atoms with van der Waals surface area (Å²) < 4.78 is 7.61. The van der Waals surface area contributed by atoms with Gasteiger partial charge in [-0.05, 0) is 49.6 Å². The van der Waals surface area contributed by atoms with E-state index in [4.69, 9.17) is 4.42 Å². The Kier molecular flexibility index (Phi) is 3.27. The predicted octanol–water partition coefficient (Wildman–Crippen LogP) is 4.12. The van der Waals surface area contributed by atoms with Crippen LogP contribution in [0, 0.1) is 20.8 Å². The fraction of sp³-hybridized carbons (Fsp3) is 0.200. The van der Waals surface area contributed by atoms with Gasteiger partial charge in [0.05, 0.1) is 17.6 Å². The lowest BCUT2D eigenvalue weighted by Crippen LogP contribution is -2.07. The van der Waals surface area contributed by atoms with Crippen LogP contribution in [0.4, 0.5) is 0 Å². The van der Waals surface area contributed by atoms with Crippen LogP contribution < -0.4 is 5.63 Å². The molecule has 4 heteroatoms. The summed E-state index contributed by atoms with van der Waals surface area (Å²) in [6.07, 6.45) is 0. The summed E-state index contributed by atoms with van der Waals surface area (Å²) in [4.78, 5) is 16.7. The Hall–Kier alpha value is -2.88. The molecule has 0 atom stereocenters. The highest BCUT2D eigenvalue weighted by Gasteiger charge is 2.13. The van der Waals surface area contributed by atoms with Crippen molar-refractivity contribution in [2.75, 3.05) is 0 Å². The van der Waals surface area contributed by atoms with Gasteiger partial charge in [-0.2, -0.15) is 0 Å². The van der Waals surface area contributed by atoms with Crippen molar-refractivity contribution in [1.29, 1.82) is 0 Å². The Bertz CT molecular complexity index is 1140. The first-order valence-corrected chi connectivity index (χ1v) is 7.99. The van der Waals surface area contributed by atoms with Gasteiger partial charge in [0.1, 0.15) is 11.4 Å². The van der Waals surface area contributed by atoms with Crippen molar-refractivity contribution in [3.63, 3.8) is 0 Å². The monoisotopic (exact) mass is 318 g/mol. The molecule has 0 aliphatic rings. The first kappa shape index (κ1) is 14.7. The summed E-state index contributed by atoms with van der Waals surface area (Å²) >= 11 is 0. The highest BCUT2D eigenvalue weighted by Crippen LogP contribution is 2.25. The van der Waals surface area contributed by atoms with Crippen molar-refractivity contribution in [1.82, 2.24) is 9.55 Å². The number of aromatic nitrogens is 2. The van der Waals surface area contributed by atoms with Crippen LogP contribution in [0.1, 0.15) is 22.5 Å². The zero-order valence-electron chi connectivity index (χ0n) is 14.0. The third kappa shape index (κ3) is 2.22. The molecule has 0 aliphatic carbocycles. The maximum atomic E-state index is 12.1. The standard InChI is InChI=1S/C20H18N2O2/c1-12-8-9-16-15(10-19(23)24-20(16)13(12)2)11-22-14(3)21-17-6-4-5-7-18(17)22/h4-10H,11H2,1-3H3. The molecule has 0 aliphatic heterocycles. The van der Waals surface area contributed by atoms with Crippen molar-refractivity contribution in [3.8, 4) is 0 Å². The largest absolute Gasteiger partial charge is 0.422 e. The van der Waals surface area contributed by atoms with E-state index >= 15 is 0 Å². The molecule has 0 amide bonds. The predicted molar refractivity (Wildman–Crippen MR) is 95.5 cm³/mol. The second-order valence-corrected chi connectivity index (χ2v) is 6.21. The molecule has 4 nitrogen and oxygen atoms in total. The van der Waals surface area contributed by atoms with E-state index in [0.717, 1.165) is 38.9 Å². The number of benzene rings is 2. The Balaban J connectivity index is 1.95. The third-order valence-corrected chi connectivity index (χ3v) is 4.69. The molecular formula is C20H18N2O2. The van der Waals surface area contributed by atoms with Gasteiger partial charge in [-0.1, -0.05) is 24.3 Å². The van der Waals surface area contributed by atoms with Gasteiger partial charge in [-0.3, -0.25) is 0 Å². The average molecular weight is 318 g/mol. The number of para-hydroxylation sites is 2. The number of rotatable bonds is 2. The smallest absolute Gasteiger partial charge is 0.336 e. The Morgan fingerprint density at radius 2 is 1.88 bits per heavy atom. The van der Waals surface area contributed by atoms with E-state index in [1.807, 2.05) is 45.0 Å². The maximum Gasteiger partial charge on any atom is 0.336 e. The molecule has 0 spiro atoms. The van der Waals surface area contributed by atoms with Crippen molar-refractivity contribution >= 4 is 22.0 Å². The summed E-state index contributed by atoms with van der Waals surface area (Å²) in [6, 6.07) is 13.7. The molecule has 0 fully saturated rings. The Morgan fingerprint density at radius 1 is 1.08 bits per heavy atom. The van der Waals surface area contributed by atoms with Crippen LogP contribution in [0.3, 0.4) is 0 Å². The molecule has 0 saturated carbocycles. The van der Waals surface area contributed by atoms with Crippen LogP contribution >= 0.6 is 0 Å². The van der Waals surface area contributed by atoms with Gasteiger partial charge in [-0.15, -0.1) is 0 Å². The van der Waals surface area contributed by atoms with E-state index in [0.29, 0.717) is 12.1 Å². The van der Waals surface area contributed by atoms with Gasteiger partial charge in [0.2, 0.25) is 0 Å². The molecule has 2 aromatic carbocycles. The van der Waals surface area contributed by atoms with Crippen LogP contribution in [0.2, 0.25) is 0 Å². The van der Waals surface area contributed by atoms with Crippen molar-refractivity contribution in [2.24, 2.45) is 0 Å². The molecule has 120 valence electrons. The molecule has 2 aromatic heterocycles. The topological polar surface area (TPSA) is 48.0 Å². The molecule has 0 unspecified atom stereocenters. The normalized spacial score (nSPS) is 11.5. The highest BCUT2D eigenvalue weighted by molar-refractivity contribution is 5.84. The first-order valence-electron chi connectivity index (χ1n) is 7.99. The lowest BCUT2D eigenvalue weighted by Gasteiger charge is -2.11. The minimum absolute atomic E-state index is 0.312. The number of aryl methyl sites for hydroxylation is 3. The first-order chi connectivity index (χ1) is 11.5. The van der Waals surface area contributed by atoms with Gasteiger partial charge in [-0.25, -0.2) is 9.78 Å². The highest BCUT2D eigenvalue weighted by atomic mass is 16.4. The summed E-state index contributed by atoms with van der Waals surface area (Å²) in [5.41, 5.74) is 5.49. The SMILES string of the molecule is Cc1ccc2c(Cn3c(C)nc4ccccc43)cc(=O)oc2c1C. The Labute approximate surface area is 139 Å². The van der Waals surface area contributed by atoms with Crippen molar-refractivity contribution in [3.05, 3.63) is 75.4 Å². The van der Waals surface area contributed by atoms with Crippen LogP contribution in [0.15, 0.2) is 51.7 Å². The number of imidazole rings is 1. The number of nitrogens with zero attached hydrogens (tertiary/aromatic N) is 2. The second kappa shape index (κ2) is 5.34. The van der Waals surface area contributed by atoms with E-state index in [2.05, 4.69) is 21.7 Å². The van der Waals surface area contributed by atoms with E-state index in [9.17, 15) is 4.79 Å². The quantitative estimate of drug-likeness (QED) is 0.522. The van der Waals surface area contributed by atoms with Crippen LogP contribution in [0.25, 0.3) is 22.0 Å². The van der Waals surface area contributed by atoms with E-state index in [-0.39, 0.29) is 5.63 Å². The average Bonchev–Trinajstić information content (AvgIpc) is 2.87. The molecule has 24 heavy (non-hydrogen) atoms. The number of hydrogen-bond donors (Lipinski definition) is 0. The molecule has 0 saturated heterocycles. The molecule has 0 N–H and O–H groups in total. The molecule has 4 aromatic rings.